The van der Waals surface area contributed by atoms with Crippen molar-refractivity contribution >= 4 is 34.7 Å². The lowest BCUT2D eigenvalue weighted by Crippen LogP contribution is -2.58. The molecule has 1 N–H and O–H groups in total. The van der Waals surface area contributed by atoms with Crippen LogP contribution in [0.15, 0.2) is 83.6 Å². The van der Waals surface area contributed by atoms with Gasteiger partial charge in [0.2, 0.25) is 0 Å². The van der Waals surface area contributed by atoms with E-state index < -0.39 is 5.54 Å². The molecule has 0 aliphatic carbocycles. The van der Waals surface area contributed by atoms with Crippen LogP contribution in [0.4, 0.5) is 5.69 Å². The zero-order valence-corrected chi connectivity index (χ0v) is 18.0. The summed E-state index contributed by atoms with van der Waals surface area (Å²) in [5, 5.41) is 5.87. The SMILES string of the molecule is CC1(C(=O)Nc2cccc(-c3csc(-c4ccncc4)n3)c2)CC(=O)N=C2C=CC=CN21. The lowest BCUT2D eigenvalue weighted by Gasteiger charge is -2.41. The van der Waals surface area contributed by atoms with E-state index in [4.69, 9.17) is 4.98 Å². The Morgan fingerprint density at radius 1 is 1.16 bits per heavy atom. The average Bonchev–Trinajstić information content (AvgIpc) is 3.30. The second-order valence-corrected chi connectivity index (χ2v) is 8.55. The van der Waals surface area contributed by atoms with E-state index >= 15 is 0 Å². The van der Waals surface area contributed by atoms with Gasteiger partial charge >= 0.3 is 0 Å². The van der Waals surface area contributed by atoms with Crippen molar-refractivity contribution in [2.45, 2.75) is 18.9 Å². The van der Waals surface area contributed by atoms with Crippen LogP contribution in [-0.2, 0) is 9.59 Å². The summed E-state index contributed by atoms with van der Waals surface area (Å²) in [6.45, 7) is 1.75. The number of anilines is 1. The monoisotopic (exact) mass is 441 g/mol. The number of benzene rings is 1. The molecule has 2 aliphatic heterocycles. The van der Waals surface area contributed by atoms with Crippen molar-refractivity contribution in [1.82, 2.24) is 14.9 Å². The van der Waals surface area contributed by atoms with Gasteiger partial charge in [0, 0.05) is 40.8 Å². The number of carbonyl (C=O) groups is 2. The minimum atomic E-state index is -1.07. The van der Waals surface area contributed by atoms with Gasteiger partial charge in [-0.25, -0.2) is 4.98 Å². The predicted molar refractivity (Wildman–Crippen MR) is 125 cm³/mol. The van der Waals surface area contributed by atoms with Crippen LogP contribution >= 0.6 is 11.3 Å². The summed E-state index contributed by atoms with van der Waals surface area (Å²) in [7, 11) is 0. The van der Waals surface area contributed by atoms with E-state index in [0.717, 1.165) is 21.8 Å². The van der Waals surface area contributed by atoms with Crippen LogP contribution < -0.4 is 5.32 Å². The minimum Gasteiger partial charge on any atom is -0.324 e. The molecule has 158 valence electrons. The number of nitrogens with one attached hydrogen (secondary N) is 1. The molecule has 8 heteroatoms. The number of thiazole rings is 1. The Kier molecular flexibility index (Phi) is 4.99. The molecule has 0 spiro atoms. The third-order valence-corrected chi connectivity index (χ3v) is 6.33. The van der Waals surface area contributed by atoms with Crippen molar-refractivity contribution in [3.63, 3.8) is 0 Å². The molecule has 0 saturated heterocycles. The second-order valence-electron chi connectivity index (χ2n) is 7.69. The molecule has 1 atom stereocenters. The van der Waals surface area contributed by atoms with Gasteiger partial charge in [0.25, 0.3) is 11.8 Å². The summed E-state index contributed by atoms with van der Waals surface area (Å²) in [6, 6.07) is 11.4. The number of aliphatic imine (C=N–C) groups is 1. The van der Waals surface area contributed by atoms with Gasteiger partial charge in [-0.05, 0) is 43.3 Å². The first-order valence-corrected chi connectivity index (χ1v) is 10.9. The maximum absolute atomic E-state index is 13.3. The van der Waals surface area contributed by atoms with Crippen molar-refractivity contribution in [1.29, 1.82) is 0 Å². The Labute approximate surface area is 188 Å². The normalized spacial score (nSPS) is 19.5. The molecule has 2 amide bonds. The Morgan fingerprint density at radius 3 is 2.84 bits per heavy atom. The maximum atomic E-state index is 13.3. The number of aromatic nitrogens is 2. The van der Waals surface area contributed by atoms with Crippen LogP contribution in [0, 0.1) is 0 Å². The topological polar surface area (TPSA) is 87.5 Å². The summed E-state index contributed by atoms with van der Waals surface area (Å²) >= 11 is 1.55. The third kappa shape index (κ3) is 3.65. The Balaban J connectivity index is 1.39. The molecule has 2 aromatic heterocycles. The third-order valence-electron chi connectivity index (χ3n) is 5.44. The molecule has 5 rings (SSSR count). The molecule has 0 radical (unpaired) electrons. The van der Waals surface area contributed by atoms with Crippen molar-refractivity contribution in [3.8, 4) is 21.8 Å². The number of fused-ring (bicyclic) bond motifs is 1. The highest BCUT2D eigenvalue weighted by Crippen LogP contribution is 2.32. The zero-order valence-electron chi connectivity index (χ0n) is 17.2. The molecule has 1 aromatic carbocycles. The van der Waals surface area contributed by atoms with E-state index in [1.807, 2.05) is 47.9 Å². The van der Waals surface area contributed by atoms with Crippen molar-refractivity contribution in [2.75, 3.05) is 5.32 Å². The standard InChI is InChI=1S/C24H19N5O2S/c1-24(14-21(30)28-20-7-2-3-12-29(20)24)23(31)26-18-6-4-5-17(13-18)19-15-32-22(27-19)16-8-10-25-11-9-16/h2-13,15H,14H2,1H3,(H,26,31). The van der Waals surface area contributed by atoms with Gasteiger partial charge in [-0.15, -0.1) is 11.3 Å². The lowest BCUT2D eigenvalue weighted by atomic mass is 9.91. The van der Waals surface area contributed by atoms with E-state index in [1.165, 1.54) is 0 Å². The fourth-order valence-corrected chi connectivity index (χ4v) is 4.57. The van der Waals surface area contributed by atoms with Crippen molar-refractivity contribution in [2.24, 2.45) is 4.99 Å². The molecular weight excluding hydrogens is 422 g/mol. The molecule has 4 heterocycles. The van der Waals surface area contributed by atoms with Gasteiger partial charge in [0.05, 0.1) is 12.1 Å². The highest BCUT2D eigenvalue weighted by Gasteiger charge is 2.45. The first-order valence-electron chi connectivity index (χ1n) is 10.1. The number of amides is 2. The van der Waals surface area contributed by atoms with E-state index in [-0.39, 0.29) is 18.2 Å². The summed E-state index contributed by atoms with van der Waals surface area (Å²) in [4.78, 5) is 40.0. The molecule has 0 bridgehead atoms. The van der Waals surface area contributed by atoms with Crippen LogP contribution in [0.25, 0.3) is 21.8 Å². The molecule has 0 fully saturated rings. The quantitative estimate of drug-likeness (QED) is 0.653. The first kappa shape index (κ1) is 20.0. The van der Waals surface area contributed by atoms with Crippen LogP contribution in [0.1, 0.15) is 13.3 Å². The van der Waals surface area contributed by atoms with E-state index in [1.54, 1.807) is 53.9 Å². The van der Waals surface area contributed by atoms with Gasteiger partial charge < -0.3 is 10.2 Å². The van der Waals surface area contributed by atoms with Gasteiger partial charge in [0.1, 0.15) is 16.4 Å². The molecule has 32 heavy (non-hydrogen) atoms. The molecular formula is C24H19N5O2S. The van der Waals surface area contributed by atoms with Gasteiger partial charge in [-0.3, -0.25) is 14.6 Å². The number of rotatable bonds is 4. The summed E-state index contributed by atoms with van der Waals surface area (Å²) in [5.41, 5.74) is 2.31. The summed E-state index contributed by atoms with van der Waals surface area (Å²) in [6.07, 6.45) is 10.6. The number of hydrogen-bond acceptors (Lipinski definition) is 6. The Hall–Kier alpha value is -3.91. The molecule has 3 aromatic rings. The molecule has 7 nitrogen and oxygen atoms in total. The zero-order chi connectivity index (χ0) is 22.1. The first-order chi connectivity index (χ1) is 15.5. The van der Waals surface area contributed by atoms with Gasteiger partial charge in [0.15, 0.2) is 0 Å². The largest absolute Gasteiger partial charge is 0.324 e. The number of pyridine rings is 1. The Morgan fingerprint density at radius 2 is 2.00 bits per heavy atom. The maximum Gasteiger partial charge on any atom is 0.250 e. The summed E-state index contributed by atoms with van der Waals surface area (Å²) in [5.74, 6) is -0.110. The number of hydrogen-bond donors (Lipinski definition) is 1. The van der Waals surface area contributed by atoms with Crippen LogP contribution in [0.5, 0.6) is 0 Å². The second kappa shape index (κ2) is 7.97. The number of nitrogens with zero attached hydrogens (tertiary/aromatic N) is 4. The summed E-state index contributed by atoms with van der Waals surface area (Å²) < 4.78 is 0. The Bertz CT molecular complexity index is 1290. The van der Waals surface area contributed by atoms with Crippen LogP contribution in [-0.4, -0.2) is 38.1 Å². The van der Waals surface area contributed by atoms with E-state index in [0.29, 0.717) is 11.5 Å². The van der Waals surface area contributed by atoms with Crippen LogP contribution in [0.3, 0.4) is 0 Å². The predicted octanol–water partition coefficient (Wildman–Crippen LogP) is 4.28. The van der Waals surface area contributed by atoms with E-state index in [9.17, 15) is 9.59 Å². The highest BCUT2D eigenvalue weighted by molar-refractivity contribution is 7.13. The fraction of sp³-hybridized carbons (Fsp3) is 0.125. The smallest absolute Gasteiger partial charge is 0.250 e. The molecule has 0 saturated carbocycles. The van der Waals surface area contributed by atoms with Crippen molar-refractivity contribution in [3.05, 3.63) is 78.6 Å². The average molecular weight is 442 g/mol. The number of carbonyl (C=O) groups excluding carboxylic acids is 2. The molecule has 2 aliphatic rings. The highest BCUT2D eigenvalue weighted by atomic mass is 32.1. The number of allylic oxidation sites excluding steroid dienone is 2. The fourth-order valence-electron chi connectivity index (χ4n) is 3.73. The molecule has 1 unspecified atom stereocenters. The van der Waals surface area contributed by atoms with Crippen molar-refractivity contribution < 1.29 is 9.59 Å². The minimum absolute atomic E-state index is 0.00157. The lowest BCUT2D eigenvalue weighted by molar-refractivity contribution is -0.130. The van der Waals surface area contributed by atoms with Gasteiger partial charge in [-0.2, -0.15) is 4.99 Å². The number of amidine groups is 1. The van der Waals surface area contributed by atoms with E-state index in [2.05, 4.69) is 15.3 Å². The van der Waals surface area contributed by atoms with Gasteiger partial charge in [-0.1, -0.05) is 18.2 Å². The van der Waals surface area contributed by atoms with Crippen LogP contribution in [0.2, 0.25) is 0 Å².